The van der Waals surface area contributed by atoms with Crippen molar-refractivity contribution in [3.63, 3.8) is 0 Å². The van der Waals surface area contributed by atoms with Crippen LogP contribution in [0.4, 0.5) is 0 Å². The Morgan fingerprint density at radius 1 is 1.86 bits per heavy atom. The van der Waals surface area contributed by atoms with Crippen molar-refractivity contribution in [2.24, 2.45) is 0 Å². The predicted octanol–water partition coefficient (Wildman–Crippen LogP) is 1.30. The average molecular weight is 161 g/mol. The highest BCUT2D eigenvalue weighted by atomic mass is 79.9. The van der Waals surface area contributed by atoms with Crippen LogP contribution >= 0.6 is 15.9 Å². The third kappa shape index (κ3) is 1.03. The summed E-state index contributed by atoms with van der Waals surface area (Å²) in [4.78, 5) is 6.77. The molecule has 2 nitrogen and oxygen atoms in total. The summed E-state index contributed by atoms with van der Waals surface area (Å²) in [5.74, 6) is 0. The van der Waals surface area contributed by atoms with Crippen LogP contribution in [0.3, 0.4) is 0 Å². The summed E-state index contributed by atoms with van der Waals surface area (Å²) in [5.41, 5.74) is 1.04. The maximum atomic E-state index is 3.93. The first-order chi connectivity index (χ1) is 3.43. The Hall–Kier alpha value is -0.310. The molecule has 38 valence electrons. The molecule has 0 atom stereocenters. The number of alkyl halides is 1. The highest BCUT2D eigenvalue weighted by molar-refractivity contribution is 9.08. The maximum absolute atomic E-state index is 3.93. The summed E-state index contributed by atoms with van der Waals surface area (Å²) in [6.07, 6.45) is 3.52. The fourth-order valence-electron chi connectivity index (χ4n) is 0.364. The van der Waals surface area contributed by atoms with Crippen molar-refractivity contribution in [1.29, 1.82) is 0 Å². The van der Waals surface area contributed by atoms with Gasteiger partial charge in [-0.3, -0.25) is 0 Å². The van der Waals surface area contributed by atoms with Gasteiger partial charge in [0.15, 0.2) is 0 Å². The third-order valence-electron chi connectivity index (χ3n) is 0.692. The molecule has 3 heteroatoms. The molecule has 0 amide bonds. The monoisotopic (exact) mass is 160 g/mol. The molecule has 1 heterocycles. The number of rotatable bonds is 1. The summed E-state index contributed by atoms with van der Waals surface area (Å²) in [6, 6.07) is 0. The SMILES string of the molecule is BrCc1c[nH]cn1. The van der Waals surface area contributed by atoms with E-state index in [1.807, 2.05) is 6.20 Å². The minimum Gasteiger partial charge on any atom is -0.351 e. The van der Waals surface area contributed by atoms with Crippen LogP contribution in [0, 0.1) is 0 Å². The van der Waals surface area contributed by atoms with Crippen molar-refractivity contribution in [3.8, 4) is 0 Å². The van der Waals surface area contributed by atoms with E-state index < -0.39 is 0 Å². The molecule has 0 aliphatic rings. The van der Waals surface area contributed by atoms with Crippen molar-refractivity contribution < 1.29 is 0 Å². The average Bonchev–Trinajstić information content (AvgIpc) is 2.14. The number of H-pyrrole nitrogens is 1. The zero-order valence-electron chi connectivity index (χ0n) is 3.69. The molecule has 0 radical (unpaired) electrons. The van der Waals surface area contributed by atoms with E-state index in [0.29, 0.717) is 0 Å². The molecular weight excluding hydrogens is 156 g/mol. The predicted molar refractivity (Wildman–Crippen MR) is 31.2 cm³/mol. The van der Waals surface area contributed by atoms with Crippen molar-refractivity contribution in [1.82, 2.24) is 9.97 Å². The summed E-state index contributed by atoms with van der Waals surface area (Å²) in [7, 11) is 0. The van der Waals surface area contributed by atoms with Crippen LogP contribution in [-0.2, 0) is 5.33 Å². The smallest absolute Gasteiger partial charge is 0.0923 e. The van der Waals surface area contributed by atoms with Crippen molar-refractivity contribution in [2.75, 3.05) is 0 Å². The molecule has 1 aromatic rings. The second-order valence-electron chi connectivity index (χ2n) is 1.19. The van der Waals surface area contributed by atoms with Crippen molar-refractivity contribution in [3.05, 3.63) is 18.2 Å². The van der Waals surface area contributed by atoms with Gasteiger partial charge < -0.3 is 4.98 Å². The first-order valence-corrected chi connectivity index (χ1v) is 3.09. The molecule has 0 saturated carbocycles. The lowest BCUT2D eigenvalue weighted by Gasteiger charge is -1.75. The van der Waals surface area contributed by atoms with Gasteiger partial charge in [0.05, 0.1) is 12.0 Å². The van der Waals surface area contributed by atoms with Gasteiger partial charge in [-0.05, 0) is 0 Å². The van der Waals surface area contributed by atoms with E-state index in [9.17, 15) is 0 Å². The van der Waals surface area contributed by atoms with Crippen LogP contribution in [0.25, 0.3) is 0 Å². The van der Waals surface area contributed by atoms with Gasteiger partial charge >= 0.3 is 0 Å². The molecule has 7 heavy (non-hydrogen) atoms. The van der Waals surface area contributed by atoms with Gasteiger partial charge in [0.25, 0.3) is 0 Å². The van der Waals surface area contributed by atoms with Crippen LogP contribution in [-0.4, -0.2) is 9.97 Å². The summed E-state index contributed by atoms with van der Waals surface area (Å²) < 4.78 is 0. The minimum absolute atomic E-state index is 0.830. The number of aromatic amines is 1. The Kier molecular flexibility index (Phi) is 1.46. The standard InChI is InChI=1S/C4H5BrN2/c5-1-4-2-6-3-7-4/h2-3H,1H2,(H,6,7). The molecule has 0 spiro atoms. The summed E-state index contributed by atoms with van der Waals surface area (Å²) in [5, 5.41) is 0.830. The Bertz CT molecular complexity index is 124. The lowest BCUT2D eigenvalue weighted by atomic mass is 10.6. The molecule has 0 aliphatic carbocycles. The Balaban J connectivity index is 2.76. The Morgan fingerprint density at radius 2 is 2.71 bits per heavy atom. The minimum atomic E-state index is 0.830. The number of nitrogens with zero attached hydrogens (tertiary/aromatic N) is 1. The van der Waals surface area contributed by atoms with Crippen molar-refractivity contribution in [2.45, 2.75) is 5.33 Å². The van der Waals surface area contributed by atoms with Crippen molar-refractivity contribution >= 4 is 15.9 Å². The first-order valence-electron chi connectivity index (χ1n) is 1.97. The van der Waals surface area contributed by atoms with Gasteiger partial charge in [-0.1, -0.05) is 15.9 Å². The Labute approximate surface area is 50.1 Å². The number of nitrogens with one attached hydrogen (secondary N) is 1. The molecule has 1 aromatic heterocycles. The third-order valence-corrected chi connectivity index (χ3v) is 1.27. The quantitative estimate of drug-likeness (QED) is 0.618. The van der Waals surface area contributed by atoms with Crippen LogP contribution in [0.2, 0.25) is 0 Å². The number of imidazole rings is 1. The van der Waals surface area contributed by atoms with Gasteiger partial charge in [-0.15, -0.1) is 0 Å². The van der Waals surface area contributed by atoms with Crippen LogP contribution < -0.4 is 0 Å². The zero-order valence-corrected chi connectivity index (χ0v) is 5.27. The Morgan fingerprint density at radius 3 is 3.00 bits per heavy atom. The maximum Gasteiger partial charge on any atom is 0.0923 e. The topological polar surface area (TPSA) is 28.7 Å². The molecule has 0 unspecified atom stereocenters. The van der Waals surface area contributed by atoms with E-state index in [-0.39, 0.29) is 0 Å². The summed E-state index contributed by atoms with van der Waals surface area (Å²) in [6.45, 7) is 0. The fourth-order valence-corrected chi connectivity index (χ4v) is 0.671. The van der Waals surface area contributed by atoms with E-state index in [1.165, 1.54) is 0 Å². The highest BCUT2D eigenvalue weighted by Gasteiger charge is 1.84. The van der Waals surface area contributed by atoms with E-state index in [1.54, 1.807) is 6.33 Å². The fraction of sp³-hybridized carbons (Fsp3) is 0.250. The van der Waals surface area contributed by atoms with E-state index >= 15 is 0 Å². The number of hydrogen-bond donors (Lipinski definition) is 1. The van der Waals surface area contributed by atoms with Crippen LogP contribution in [0.15, 0.2) is 12.5 Å². The number of halogens is 1. The summed E-state index contributed by atoms with van der Waals surface area (Å²) >= 11 is 3.25. The first kappa shape index (κ1) is 4.84. The van der Waals surface area contributed by atoms with Crippen LogP contribution in [0.5, 0.6) is 0 Å². The van der Waals surface area contributed by atoms with E-state index in [0.717, 1.165) is 11.0 Å². The van der Waals surface area contributed by atoms with E-state index in [4.69, 9.17) is 0 Å². The van der Waals surface area contributed by atoms with E-state index in [2.05, 4.69) is 25.9 Å². The van der Waals surface area contributed by atoms with Crippen LogP contribution in [0.1, 0.15) is 5.69 Å². The normalized spacial score (nSPS) is 9.29. The highest BCUT2D eigenvalue weighted by Crippen LogP contribution is 1.96. The van der Waals surface area contributed by atoms with Gasteiger partial charge in [-0.2, -0.15) is 0 Å². The zero-order chi connectivity index (χ0) is 5.11. The lowest BCUT2D eigenvalue weighted by molar-refractivity contribution is 1.24. The molecule has 1 N–H and O–H groups in total. The van der Waals surface area contributed by atoms with Gasteiger partial charge in [0.2, 0.25) is 0 Å². The van der Waals surface area contributed by atoms with Gasteiger partial charge in [-0.25, -0.2) is 4.98 Å². The van der Waals surface area contributed by atoms with Gasteiger partial charge in [0, 0.05) is 11.5 Å². The van der Waals surface area contributed by atoms with Gasteiger partial charge in [0.1, 0.15) is 0 Å². The molecule has 0 fully saturated rings. The number of hydrogen-bond acceptors (Lipinski definition) is 1. The molecular formula is C4H5BrN2. The largest absolute Gasteiger partial charge is 0.351 e. The second kappa shape index (κ2) is 2.12. The molecule has 0 bridgehead atoms. The molecule has 1 rings (SSSR count). The molecule has 0 saturated heterocycles. The lowest BCUT2D eigenvalue weighted by Crippen LogP contribution is -1.69. The number of aromatic nitrogens is 2. The molecule has 0 aromatic carbocycles. The molecule has 0 aliphatic heterocycles. The second-order valence-corrected chi connectivity index (χ2v) is 1.75.